The number of hydrogen-bond acceptors (Lipinski definition) is 5. The third-order valence-corrected chi connectivity index (χ3v) is 4.93. The highest BCUT2D eigenvalue weighted by molar-refractivity contribution is 7.80. The van der Waals surface area contributed by atoms with Gasteiger partial charge in [-0.3, -0.25) is 9.59 Å². The molecule has 180 valence electrons. The molecule has 0 bridgehead atoms. The van der Waals surface area contributed by atoms with Crippen LogP contribution >= 0.6 is 12.6 Å². The number of carbonyl (C=O) groups excluding carboxylic acids is 3. The molecule has 0 radical (unpaired) electrons. The predicted octanol–water partition coefficient (Wildman–Crippen LogP) is 4.09. The number of ether oxygens (including phenoxy) is 1. The van der Waals surface area contributed by atoms with Crippen molar-refractivity contribution >= 4 is 30.5 Å². The summed E-state index contributed by atoms with van der Waals surface area (Å²) in [6, 6.07) is 7.40. The first-order valence-electron chi connectivity index (χ1n) is 11.3. The van der Waals surface area contributed by atoms with Gasteiger partial charge in [-0.1, -0.05) is 50.1 Å². The Morgan fingerprint density at radius 2 is 1.69 bits per heavy atom. The summed E-state index contributed by atoms with van der Waals surface area (Å²) in [5.41, 5.74) is 0.0180. The highest BCUT2D eigenvalue weighted by Gasteiger charge is 2.35. The van der Waals surface area contributed by atoms with E-state index in [1.54, 1.807) is 25.7 Å². The highest BCUT2D eigenvalue weighted by atomic mass is 32.1. The lowest BCUT2D eigenvalue weighted by molar-refractivity contribution is -0.142. The summed E-state index contributed by atoms with van der Waals surface area (Å²) in [5, 5.41) is 5.55. The van der Waals surface area contributed by atoms with Crippen LogP contribution in [-0.2, 0) is 14.3 Å². The molecule has 0 fully saturated rings. The summed E-state index contributed by atoms with van der Waals surface area (Å²) in [5.74, 6) is -0.545. The molecule has 32 heavy (non-hydrogen) atoms. The van der Waals surface area contributed by atoms with E-state index in [-0.39, 0.29) is 23.6 Å². The third-order valence-electron chi connectivity index (χ3n) is 4.56. The van der Waals surface area contributed by atoms with Gasteiger partial charge < -0.3 is 20.3 Å². The molecule has 8 heteroatoms. The van der Waals surface area contributed by atoms with Gasteiger partial charge in [0.1, 0.15) is 17.7 Å². The number of benzene rings is 1. The third kappa shape index (κ3) is 9.51. The van der Waals surface area contributed by atoms with Crippen LogP contribution in [0.4, 0.5) is 4.79 Å². The SMILES string of the molecule is CCCCCN(C(=O)C(CS)NC(=O)OC(C)(C)C)C(C(=O)NC(C)C)c1ccccc1. The monoisotopic (exact) mass is 465 g/mol. The Kier molecular flexibility index (Phi) is 11.6. The fraction of sp³-hybridized carbons (Fsp3) is 0.625. The molecule has 2 unspecified atom stereocenters. The second kappa shape index (κ2) is 13.4. The second-order valence-electron chi connectivity index (χ2n) is 9.10. The Hall–Kier alpha value is -2.22. The molecular weight excluding hydrogens is 426 g/mol. The van der Waals surface area contributed by atoms with Crippen molar-refractivity contribution < 1.29 is 19.1 Å². The molecule has 1 aromatic carbocycles. The molecule has 0 saturated heterocycles. The van der Waals surface area contributed by atoms with Crippen molar-refractivity contribution in [3.8, 4) is 0 Å². The molecule has 0 spiro atoms. The Morgan fingerprint density at radius 1 is 1.06 bits per heavy atom. The fourth-order valence-corrected chi connectivity index (χ4v) is 3.45. The molecule has 0 heterocycles. The van der Waals surface area contributed by atoms with Gasteiger partial charge in [-0.05, 0) is 46.6 Å². The number of nitrogens with zero attached hydrogens (tertiary/aromatic N) is 1. The zero-order chi connectivity index (χ0) is 24.3. The molecule has 0 aliphatic rings. The van der Waals surface area contributed by atoms with Gasteiger partial charge in [0.05, 0.1) is 0 Å². The van der Waals surface area contributed by atoms with Crippen molar-refractivity contribution in [2.24, 2.45) is 0 Å². The van der Waals surface area contributed by atoms with Crippen molar-refractivity contribution in [3.63, 3.8) is 0 Å². The van der Waals surface area contributed by atoms with Gasteiger partial charge in [-0.2, -0.15) is 12.6 Å². The summed E-state index contributed by atoms with van der Waals surface area (Å²) >= 11 is 4.29. The largest absolute Gasteiger partial charge is 0.444 e. The van der Waals surface area contributed by atoms with Crippen LogP contribution in [0.3, 0.4) is 0 Å². The molecule has 2 atom stereocenters. The number of alkyl carbamates (subject to hydrolysis) is 1. The molecule has 0 aromatic heterocycles. The maximum atomic E-state index is 13.6. The quantitative estimate of drug-likeness (QED) is 0.339. The average Bonchev–Trinajstić information content (AvgIpc) is 2.69. The fourth-order valence-electron chi connectivity index (χ4n) is 3.21. The molecule has 1 rings (SSSR count). The van der Waals surface area contributed by atoms with Gasteiger partial charge in [0.2, 0.25) is 11.8 Å². The zero-order valence-electron chi connectivity index (χ0n) is 20.2. The van der Waals surface area contributed by atoms with E-state index in [4.69, 9.17) is 4.74 Å². The number of unbranched alkanes of at least 4 members (excludes halogenated alkanes) is 2. The van der Waals surface area contributed by atoms with Crippen LogP contribution in [0.1, 0.15) is 72.4 Å². The standard InChI is InChI=1S/C24H39N3O4S/c1-7-8-12-15-27(22(29)19(16-32)26-23(30)31-24(4,5)6)20(21(28)25-17(2)3)18-13-10-9-11-14-18/h9-11,13-14,17,19-20,32H,7-8,12,15-16H2,1-6H3,(H,25,28)(H,26,30). The van der Waals surface area contributed by atoms with E-state index >= 15 is 0 Å². The first-order chi connectivity index (χ1) is 15.0. The molecule has 0 saturated carbocycles. The minimum atomic E-state index is -0.923. The normalized spacial score (nSPS) is 13.2. The summed E-state index contributed by atoms with van der Waals surface area (Å²) in [7, 11) is 0. The van der Waals surface area contributed by atoms with Crippen LogP contribution in [0.2, 0.25) is 0 Å². The van der Waals surface area contributed by atoms with E-state index in [1.165, 1.54) is 0 Å². The molecule has 3 amide bonds. The van der Waals surface area contributed by atoms with E-state index in [2.05, 4.69) is 30.2 Å². The van der Waals surface area contributed by atoms with Gasteiger partial charge in [0.15, 0.2) is 0 Å². The van der Waals surface area contributed by atoms with Gasteiger partial charge in [0, 0.05) is 18.3 Å². The number of thiol groups is 1. The molecule has 0 aliphatic heterocycles. The maximum Gasteiger partial charge on any atom is 0.408 e. The second-order valence-corrected chi connectivity index (χ2v) is 9.46. The first-order valence-corrected chi connectivity index (χ1v) is 11.9. The Balaban J connectivity index is 3.28. The Morgan fingerprint density at radius 3 is 2.19 bits per heavy atom. The first kappa shape index (κ1) is 27.8. The summed E-state index contributed by atoms with van der Waals surface area (Å²) < 4.78 is 5.31. The van der Waals surface area contributed by atoms with Crippen LogP contribution in [0.5, 0.6) is 0 Å². The summed E-state index contributed by atoms with van der Waals surface area (Å²) in [6.45, 7) is 11.5. The average molecular weight is 466 g/mol. The molecular formula is C24H39N3O4S. The van der Waals surface area contributed by atoms with Gasteiger partial charge >= 0.3 is 6.09 Å². The van der Waals surface area contributed by atoms with E-state index in [1.807, 2.05) is 44.2 Å². The predicted molar refractivity (Wildman–Crippen MR) is 131 cm³/mol. The number of carbonyl (C=O) groups is 3. The van der Waals surface area contributed by atoms with Crippen LogP contribution in [0.25, 0.3) is 0 Å². The van der Waals surface area contributed by atoms with Crippen molar-refractivity contribution in [2.45, 2.75) is 84.5 Å². The van der Waals surface area contributed by atoms with E-state index in [0.717, 1.165) is 19.3 Å². The van der Waals surface area contributed by atoms with Crippen molar-refractivity contribution in [1.82, 2.24) is 15.5 Å². The molecule has 1 aromatic rings. The number of hydrogen-bond donors (Lipinski definition) is 3. The summed E-state index contributed by atoms with van der Waals surface area (Å²) in [6.07, 6.45) is 1.94. The Bertz CT molecular complexity index is 735. The lowest BCUT2D eigenvalue weighted by Crippen LogP contribution is -2.54. The van der Waals surface area contributed by atoms with Crippen LogP contribution < -0.4 is 10.6 Å². The number of rotatable bonds is 11. The van der Waals surface area contributed by atoms with Crippen LogP contribution in [0.15, 0.2) is 30.3 Å². The lowest BCUT2D eigenvalue weighted by atomic mass is 10.0. The zero-order valence-corrected chi connectivity index (χ0v) is 21.1. The maximum absolute atomic E-state index is 13.6. The van der Waals surface area contributed by atoms with Gasteiger partial charge in [-0.25, -0.2) is 4.79 Å². The molecule has 7 nitrogen and oxygen atoms in total. The van der Waals surface area contributed by atoms with Gasteiger partial charge in [-0.15, -0.1) is 0 Å². The van der Waals surface area contributed by atoms with Gasteiger partial charge in [0.25, 0.3) is 0 Å². The van der Waals surface area contributed by atoms with E-state index < -0.39 is 23.8 Å². The van der Waals surface area contributed by atoms with E-state index in [0.29, 0.717) is 12.1 Å². The van der Waals surface area contributed by atoms with Crippen molar-refractivity contribution in [2.75, 3.05) is 12.3 Å². The smallest absolute Gasteiger partial charge is 0.408 e. The molecule has 2 N–H and O–H groups in total. The van der Waals surface area contributed by atoms with Crippen LogP contribution in [0, 0.1) is 0 Å². The number of nitrogens with one attached hydrogen (secondary N) is 2. The van der Waals surface area contributed by atoms with Crippen LogP contribution in [-0.4, -0.2) is 52.8 Å². The number of amides is 3. The van der Waals surface area contributed by atoms with Crippen molar-refractivity contribution in [1.29, 1.82) is 0 Å². The van der Waals surface area contributed by atoms with Crippen molar-refractivity contribution in [3.05, 3.63) is 35.9 Å². The Labute approximate surface area is 198 Å². The minimum Gasteiger partial charge on any atom is -0.444 e. The molecule has 0 aliphatic carbocycles. The minimum absolute atomic E-state index is 0.0790. The summed E-state index contributed by atoms with van der Waals surface area (Å²) in [4.78, 5) is 40.7. The topological polar surface area (TPSA) is 87.7 Å². The van der Waals surface area contributed by atoms with E-state index in [9.17, 15) is 14.4 Å². The highest BCUT2D eigenvalue weighted by Crippen LogP contribution is 2.24. The lowest BCUT2D eigenvalue weighted by Gasteiger charge is -2.34.